The average molecular weight is 466 g/mol. The van der Waals surface area contributed by atoms with Gasteiger partial charge in [0.1, 0.15) is 11.6 Å². The minimum absolute atomic E-state index is 0.0365. The topological polar surface area (TPSA) is 115 Å². The summed E-state index contributed by atoms with van der Waals surface area (Å²) in [6.45, 7) is 2.01. The summed E-state index contributed by atoms with van der Waals surface area (Å²) in [6, 6.07) is 16.7. The van der Waals surface area contributed by atoms with Crippen LogP contribution in [0.15, 0.2) is 71.8 Å². The highest BCUT2D eigenvalue weighted by Gasteiger charge is 2.19. The van der Waals surface area contributed by atoms with E-state index in [2.05, 4.69) is 20.2 Å². The highest BCUT2D eigenvalue weighted by atomic mass is 32.2. The van der Waals surface area contributed by atoms with Crippen LogP contribution in [0.5, 0.6) is 5.75 Å². The first kappa shape index (κ1) is 22.3. The zero-order valence-electron chi connectivity index (χ0n) is 18.1. The normalized spacial score (nSPS) is 11.3. The molecule has 33 heavy (non-hydrogen) atoms. The molecular formula is C23H23N5O4S. The van der Waals surface area contributed by atoms with Crippen molar-refractivity contribution in [2.24, 2.45) is 0 Å². The van der Waals surface area contributed by atoms with Gasteiger partial charge in [-0.25, -0.2) is 8.42 Å². The van der Waals surface area contributed by atoms with Crippen molar-refractivity contribution in [1.29, 1.82) is 0 Å². The van der Waals surface area contributed by atoms with Gasteiger partial charge >= 0.3 is 0 Å². The minimum atomic E-state index is -3.89. The van der Waals surface area contributed by atoms with Crippen LogP contribution in [0.4, 0.5) is 5.69 Å². The Balaban J connectivity index is 1.45. The van der Waals surface area contributed by atoms with Gasteiger partial charge in [-0.05, 0) is 61.0 Å². The van der Waals surface area contributed by atoms with Crippen molar-refractivity contribution in [3.63, 3.8) is 0 Å². The zero-order chi connectivity index (χ0) is 23.4. The van der Waals surface area contributed by atoms with Crippen LogP contribution in [0.1, 0.15) is 21.7 Å². The van der Waals surface area contributed by atoms with E-state index in [0.717, 1.165) is 11.5 Å². The third-order valence-corrected chi connectivity index (χ3v) is 6.62. The number of aryl methyl sites for hydroxylation is 1. The molecule has 0 aliphatic carbocycles. The predicted octanol–water partition coefficient (Wildman–Crippen LogP) is 2.82. The molecule has 0 radical (unpaired) electrons. The monoisotopic (exact) mass is 465 g/mol. The lowest BCUT2D eigenvalue weighted by atomic mass is 10.1. The Morgan fingerprint density at radius 3 is 2.61 bits per heavy atom. The summed E-state index contributed by atoms with van der Waals surface area (Å²) in [5, 5.41) is 11.0. The molecule has 0 aliphatic rings. The molecule has 0 saturated carbocycles. The second kappa shape index (κ2) is 9.29. The fourth-order valence-electron chi connectivity index (χ4n) is 3.35. The van der Waals surface area contributed by atoms with E-state index >= 15 is 0 Å². The Hall–Kier alpha value is -3.92. The fourth-order valence-corrected chi connectivity index (χ4v) is 4.68. The standard InChI is InChI=1S/C23H23N5O4S/c1-16-6-7-17(15-20(16)33(30,31)27-18-8-10-19(32-2)11-9-18)23(29)24-13-12-22-26-25-21-5-3-4-14-28(21)22/h3-11,14-15,27H,12-13H2,1-2H3,(H,24,29). The highest BCUT2D eigenvalue weighted by Crippen LogP contribution is 2.22. The SMILES string of the molecule is COc1ccc(NS(=O)(=O)c2cc(C(=O)NCCc3nnc4ccccn34)ccc2C)cc1. The van der Waals surface area contributed by atoms with E-state index in [1.54, 1.807) is 43.3 Å². The lowest BCUT2D eigenvalue weighted by Crippen LogP contribution is -2.26. The number of aromatic nitrogens is 3. The van der Waals surface area contributed by atoms with E-state index in [0.29, 0.717) is 30.0 Å². The third-order valence-electron chi connectivity index (χ3n) is 5.10. The van der Waals surface area contributed by atoms with Crippen LogP contribution in [-0.4, -0.2) is 42.6 Å². The Morgan fingerprint density at radius 1 is 1.06 bits per heavy atom. The maximum absolute atomic E-state index is 13.0. The van der Waals surface area contributed by atoms with Gasteiger partial charge in [0.2, 0.25) is 0 Å². The Morgan fingerprint density at radius 2 is 1.85 bits per heavy atom. The fraction of sp³-hybridized carbons (Fsp3) is 0.174. The van der Waals surface area contributed by atoms with E-state index in [9.17, 15) is 13.2 Å². The number of benzene rings is 2. The summed E-state index contributed by atoms with van der Waals surface area (Å²) in [7, 11) is -2.36. The molecule has 2 aromatic carbocycles. The summed E-state index contributed by atoms with van der Waals surface area (Å²) < 4.78 is 35.4. The maximum atomic E-state index is 13.0. The number of carbonyl (C=O) groups is 1. The molecule has 4 aromatic rings. The lowest BCUT2D eigenvalue weighted by molar-refractivity contribution is 0.0953. The predicted molar refractivity (Wildman–Crippen MR) is 124 cm³/mol. The summed E-state index contributed by atoms with van der Waals surface area (Å²) >= 11 is 0. The number of pyridine rings is 1. The van der Waals surface area contributed by atoms with Crippen LogP contribution in [-0.2, 0) is 16.4 Å². The second-order valence-corrected chi connectivity index (χ2v) is 9.02. The molecule has 4 rings (SSSR count). The second-order valence-electron chi connectivity index (χ2n) is 7.37. The number of methoxy groups -OCH3 is 1. The molecule has 2 heterocycles. The molecule has 10 heteroatoms. The first-order valence-electron chi connectivity index (χ1n) is 10.2. The molecule has 0 atom stereocenters. The molecule has 2 N–H and O–H groups in total. The molecule has 9 nitrogen and oxygen atoms in total. The van der Waals surface area contributed by atoms with Gasteiger partial charge < -0.3 is 10.1 Å². The maximum Gasteiger partial charge on any atom is 0.262 e. The molecule has 2 aromatic heterocycles. The van der Waals surface area contributed by atoms with E-state index in [-0.39, 0.29) is 16.4 Å². The molecular weight excluding hydrogens is 442 g/mol. The van der Waals surface area contributed by atoms with Crippen LogP contribution >= 0.6 is 0 Å². The van der Waals surface area contributed by atoms with Crippen LogP contribution < -0.4 is 14.8 Å². The van der Waals surface area contributed by atoms with Gasteiger partial charge in [0.25, 0.3) is 15.9 Å². The Bertz CT molecular complexity index is 1400. The van der Waals surface area contributed by atoms with Crippen LogP contribution in [0.3, 0.4) is 0 Å². The largest absolute Gasteiger partial charge is 0.497 e. The van der Waals surface area contributed by atoms with Crippen molar-refractivity contribution >= 4 is 27.3 Å². The van der Waals surface area contributed by atoms with Crippen molar-refractivity contribution in [2.75, 3.05) is 18.4 Å². The van der Waals surface area contributed by atoms with Crippen molar-refractivity contribution in [3.8, 4) is 5.75 Å². The van der Waals surface area contributed by atoms with E-state index in [1.807, 2.05) is 28.8 Å². The van der Waals surface area contributed by atoms with Crippen LogP contribution in [0, 0.1) is 6.92 Å². The van der Waals surface area contributed by atoms with Crippen molar-refractivity contribution in [2.45, 2.75) is 18.2 Å². The smallest absolute Gasteiger partial charge is 0.262 e. The number of ether oxygens (including phenoxy) is 1. The number of nitrogens with zero attached hydrogens (tertiary/aromatic N) is 3. The lowest BCUT2D eigenvalue weighted by Gasteiger charge is -2.12. The molecule has 0 fully saturated rings. The van der Waals surface area contributed by atoms with Crippen LogP contribution in [0.25, 0.3) is 5.65 Å². The number of hydrogen-bond acceptors (Lipinski definition) is 6. The number of anilines is 1. The van der Waals surface area contributed by atoms with Gasteiger partial charge in [-0.15, -0.1) is 10.2 Å². The molecule has 0 spiro atoms. The van der Waals surface area contributed by atoms with Crippen LogP contribution in [0.2, 0.25) is 0 Å². The van der Waals surface area contributed by atoms with E-state index < -0.39 is 10.0 Å². The summed E-state index contributed by atoms with van der Waals surface area (Å²) in [4.78, 5) is 12.7. The van der Waals surface area contributed by atoms with Crippen molar-refractivity contribution in [1.82, 2.24) is 19.9 Å². The summed E-state index contributed by atoms with van der Waals surface area (Å²) in [5.74, 6) is 0.971. The number of rotatable bonds is 8. The first-order chi connectivity index (χ1) is 15.9. The van der Waals surface area contributed by atoms with Gasteiger partial charge in [-0.3, -0.25) is 13.9 Å². The van der Waals surface area contributed by atoms with E-state index in [1.165, 1.54) is 13.2 Å². The van der Waals surface area contributed by atoms with E-state index in [4.69, 9.17) is 4.74 Å². The third kappa shape index (κ3) is 4.96. The average Bonchev–Trinajstić information content (AvgIpc) is 3.22. The highest BCUT2D eigenvalue weighted by molar-refractivity contribution is 7.92. The number of hydrogen-bond donors (Lipinski definition) is 2. The first-order valence-corrected chi connectivity index (χ1v) is 11.7. The van der Waals surface area contributed by atoms with Gasteiger partial charge in [-0.2, -0.15) is 0 Å². The summed E-state index contributed by atoms with van der Waals surface area (Å²) in [5.41, 5.74) is 1.91. The Kier molecular flexibility index (Phi) is 6.27. The van der Waals surface area contributed by atoms with Crippen molar-refractivity contribution in [3.05, 3.63) is 83.8 Å². The summed E-state index contributed by atoms with van der Waals surface area (Å²) in [6.07, 6.45) is 2.34. The van der Waals surface area contributed by atoms with Gasteiger partial charge in [0.05, 0.1) is 12.0 Å². The zero-order valence-corrected chi connectivity index (χ0v) is 19.0. The molecule has 0 aliphatic heterocycles. The molecule has 170 valence electrons. The number of amides is 1. The van der Waals surface area contributed by atoms with Gasteiger partial charge in [0.15, 0.2) is 5.65 Å². The Labute approximate surface area is 191 Å². The molecule has 0 bridgehead atoms. The molecule has 0 saturated heterocycles. The number of sulfonamides is 1. The van der Waals surface area contributed by atoms with Crippen molar-refractivity contribution < 1.29 is 17.9 Å². The molecule has 0 unspecified atom stereocenters. The quantitative estimate of drug-likeness (QED) is 0.414. The van der Waals surface area contributed by atoms with Gasteiger partial charge in [-0.1, -0.05) is 12.1 Å². The van der Waals surface area contributed by atoms with Gasteiger partial charge in [0, 0.05) is 30.4 Å². The minimum Gasteiger partial charge on any atom is -0.497 e. The molecule has 1 amide bonds. The number of carbonyl (C=O) groups excluding carboxylic acids is 1. The number of nitrogens with one attached hydrogen (secondary N) is 2. The number of fused-ring (bicyclic) bond motifs is 1.